The molecule has 0 aromatic heterocycles. The average molecular weight is 631 g/mol. The Labute approximate surface area is 276 Å². The van der Waals surface area contributed by atoms with Gasteiger partial charge in [0.1, 0.15) is 12.4 Å². The molecule has 8 nitrogen and oxygen atoms in total. The van der Waals surface area contributed by atoms with Crippen molar-refractivity contribution in [2.24, 2.45) is 0 Å². The quantitative estimate of drug-likeness (QED) is 0.153. The predicted octanol–water partition coefficient (Wildman–Crippen LogP) is 0.175. The summed E-state index contributed by atoms with van der Waals surface area (Å²) in [5.74, 6) is -0.918. The van der Waals surface area contributed by atoms with Crippen molar-refractivity contribution < 1.29 is 108 Å². The van der Waals surface area contributed by atoms with Crippen LogP contribution >= 0.6 is 0 Å². The Balaban J connectivity index is 0.0000122. The summed E-state index contributed by atoms with van der Waals surface area (Å²) >= 11 is 0. The molecule has 0 aliphatic carbocycles. The fraction of sp³-hybridized carbons (Fsp3) is 0.741. The Morgan fingerprint density at radius 1 is 0.750 bits per heavy atom. The predicted molar refractivity (Wildman–Crippen MR) is 133 cm³/mol. The molecule has 0 aliphatic heterocycles. The number of carbonyl (C=O) groups excluding carboxylic acids is 1. The average Bonchev–Trinajstić information content (AvgIpc) is 2.86. The summed E-state index contributed by atoms with van der Waals surface area (Å²) in [6.07, 6.45) is 10.8. The minimum atomic E-state index is -1.23. The van der Waals surface area contributed by atoms with E-state index in [1.54, 1.807) is 12.1 Å². The normalized spacial score (nSPS) is 10.8. The van der Waals surface area contributed by atoms with E-state index < -0.39 is 5.97 Å². The van der Waals surface area contributed by atoms with Gasteiger partial charge in [0.25, 0.3) is 0 Å². The van der Waals surface area contributed by atoms with Gasteiger partial charge in [-0.2, -0.15) is 0 Å². The first kappa shape index (κ1) is 36.3. The maximum atomic E-state index is 11.6. The van der Waals surface area contributed by atoms with Crippen LogP contribution in [0.1, 0.15) is 74.2 Å². The molecule has 0 unspecified atom stereocenters. The number of carbonyl (C=O) groups is 1. The summed E-state index contributed by atoms with van der Waals surface area (Å²) in [6, 6.07) is 5.31. The fourth-order valence-electron chi connectivity index (χ4n) is 3.52. The molecule has 36 heavy (non-hydrogen) atoms. The van der Waals surface area contributed by atoms with Gasteiger partial charge in [0.2, 0.25) is 0 Å². The number of hydrogen-bond acceptors (Lipinski definition) is 8. The van der Waals surface area contributed by atoms with Gasteiger partial charge in [-0.05, 0) is 30.5 Å². The molecule has 0 saturated carbocycles. The Bertz CT molecular complexity index is 644. The topological polar surface area (TPSA) is 107 Å². The van der Waals surface area contributed by atoms with Crippen LogP contribution in [0.25, 0.3) is 0 Å². The number of rotatable bonds is 25. The Kier molecular flexibility index (Phi) is 27.2. The molecular weight excluding hydrogens is 585 g/mol. The zero-order valence-corrected chi connectivity index (χ0v) is 28.8. The van der Waals surface area contributed by atoms with Crippen LogP contribution in [0, 0.1) is 0 Å². The van der Waals surface area contributed by atoms with E-state index in [0.29, 0.717) is 58.6 Å². The van der Waals surface area contributed by atoms with Gasteiger partial charge < -0.3 is 38.7 Å². The van der Waals surface area contributed by atoms with Crippen molar-refractivity contribution >= 4 is 5.97 Å². The third kappa shape index (κ3) is 20.3. The molecule has 9 heteroatoms. The Hall–Kier alpha value is 0.342. The summed E-state index contributed by atoms with van der Waals surface area (Å²) in [4.78, 5) is 11.6. The van der Waals surface area contributed by atoms with Crippen LogP contribution in [-0.2, 0) is 25.4 Å². The smallest absolute Gasteiger partial charge is 0.545 e. The number of ether oxygens (including phenoxy) is 5. The number of aliphatic hydroxyl groups is 1. The molecule has 0 spiro atoms. The SMILES string of the molecule is CCCCCCCCCCc1ccc(OCCOCCOCCOCCOCCO)c(C(=O)[O-])c1.[Cs+]. The summed E-state index contributed by atoms with van der Waals surface area (Å²) in [6.45, 7) is 5.81. The zero-order chi connectivity index (χ0) is 25.4. The number of carboxylic acids is 1. The summed E-state index contributed by atoms with van der Waals surface area (Å²) in [7, 11) is 0. The third-order valence-electron chi connectivity index (χ3n) is 5.42. The van der Waals surface area contributed by atoms with Gasteiger partial charge in [0, 0.05) is 5.56 Å². The maximum absolute atomic E-state index is 11.6. The summed E-state index contributed by atoms with van der Waals surface area (Å²) in [5.41, 5.74) is 1.09. The zero-order valence-electron chi connectivity index (χ0n) is 22.5. The molecule has 0 aliphatic rings. The van der Waals surface area contributed by atoms with Crippen LogP contribution in [0.15, 0.2) is 18.2 Å². The van der Waals surface area contributed by atoms with Crippen LogP contribution in [-0.4, -0.2) is 77.1 Å². The molecule has 0 amide bonds. The van der Waals surface area contributed by atoms with Crippen molar-refractivity contribution in [3.8, 4) is 5.75 Å². The van der Waals surface area contributed by atoms with E-state index in [1.807, 2.05) is 6.07 Å². The van der Waals surface area contributed by atoms with E-state index >= 15 is 0 Å². The van der Waals surface area contributed by atoms with Crippen LogP contribution in [0.3, 0.4) is 0 Å². The van der Waals surface area contributed by atoms with Gasteiger partial charge in [0.05, 0.1) is 65.4 Å². The van der Waals surface area contributed by atoms with E-state index in [0.717, 1.165) is 18.4 Å². The Morgan fingerprint density at radius 3 is 1.78 bits per heavy atom. The molecule has 0 atom stereocenters. The molecule has 0 heterocycles. The first-order valence-electron chi connectivity index (χ1n) is 13.1. The number of aliphatic hydroxyl groups excluding tert-OH is 1. The largest absolute Gasteiger partial charge is 1.00 e. The second kappa shape index (κ2) is 26.9. The Morgan fingerprint density at radius 2 is 1.25 bits per heavy atom. The van der Waals surface area contributed by atoms with Crippen LogP contribution in [0.4, 0.5) is 0 Å². The second-order valence-corrected chi connectivity index (χ2v) is 8.36. The molecule has 0 saturated heterocycles. The standard InChI is InChI=1S/C27H46O8.Cs/c1-2-3-4-5-6-7-8-9-10-24-11-12-26(25(23-24)27(29)30)35-22-21-34-20-19-33-18-17-32-16-15-31-14-13-28;/h11-12,23,28H,2-10,13-22H2,1H3,(H,29,30);/q;+1/p-1. The van der Waals surface area contributed by atoms with E-state index in [-0.39, 0.29) is 87.7 Å². The van der Waals surface area contributed by atoms with E-state index in [2.05, 4.69) is 6.92 Å². The molecule has 1 aromatic carbocycles. The molecule has 1 aromatic rings. The van der Waals surface area contributed by atoms with E-state index in [4.69, 9.17) is 28.8 Å². The van der Waals surface area contributed by atoms with Crippen LogP contribution in [0.2, 0.25) is 0 Å². The molecular formula is C27H45CsO8. The van der Waals surface area contributed by atoms with Crippen molar-refractivity contribution in [2.75, 3.05) is 66.1 Å². The van der Waals surface area contributed by atoms with Gasteiger partial charge in [-0.3, -0.25) is 0 Å². The van der Waals surface area contributed by atoms with E-state index in [1.165, 1.54) is 44.9 Å². The summed E-state index contributed by atoms with van der Waals surface area (Å²) in [5, 5.41) is 20.1. The van der Waals surface area contributed by atoms with E-state index in [9.17, 15) is 9.90 Å². The maximum Gasteiger partial charge on any atom is 1.00 e. The second-order valence-electron chi connectivity index (χ2n) is 8.36. The van der Waals surface area contributed by atoms with Crippen molar-refractivity contribution in [1.82, 2.24) is 0 Å². The van der Waals surface area contributed by atoms with Crippen molar-refractivity contribution in [1.29, 1.82) is 0 Å². The fourth-order valence-corrected chi connectivity index (χ4v) is 3.52. The molecule has 1 rings (SSSR count). The van der Waals surface area contributed by atoms with Gasteiger partial charge in [-0.15, -0.1) is 0 Å². The van der Waals surface area contributed by atoms with Crippen molar-refractivity contribution in [2.45, 2.75) is 64.7 Å². The number of aromatic carboxylic acids is 1. The number of unbranched alkanes of at least 4 members (excludes halogenated alkanes) is 7. The van der Waals surface area contributed by atoms with Gasteiger partial charge in [0.15, 0.2) is 0 Å². The number of aryl methyl sites for hydroxylation is 1. The monoisotopic (exact) mass is 630 g/mol. The number of hydrogen-bond donors (Lipinski definition) is 1. The minimum absolute atomic E-state index is 0. The first-order valence-corrected chi connectivity index (χ1v) is 13.1. The molecule has 0 bridgehead atoms. The number of carboxylic acid groups (broad SMARTS) is 1. The first-order chi connectivity index (χ1) is 17.2. The molecule has 202 valence electrons. The van der Waals surface area contributed by atoms with Gasteiger partial charge in [-0.1, -0.05) is 57.9 Å². The van der Waals surface area contributed by atoms with Gasteiger partial charge in [-0.25, -0.2) is 0 Å². The van der Waals surface area contributed by atoms with Crippen LogP contribution in [0.5, 0.6) is 5.75 Å². The van der Waals surface area contributed by atoms with Crippen LogP contribution < -0.4 is 78.7 Å². The molecule has 0 radical (unpaired) electrons. The molecule has 0 fully saturated rings. The van der Waals surface area contributed by atoms with Crippen molar-refractivity contribution in [3.63, 3.8) is 0 Å². The minimum Gasteiger partial charge on any atom is -0.545 e. The van der Waals surface area contributed by atoms with Gasteiger partial charge >= 0.3 is 68.9 Å². The number of benzene rings is 1. The third-order valence-corrected chi connectivity index (χ3v) is 5.42. The molecule has 1 N–H and O–H groups in total. The van der Waals surface area contributed by atoms with Crippen molar-refractivity contribution in [3.05, 3.63) is 29.3 Å². The summed E-state index contributed by atoms with van der Waals surface area (Å²) < 4.78 is 26.9.